The van der Waals surface area contributed by atoms with Crippen LogP contribution in [-0.2, 0) is 6.54 Å². The van der Waals surface area contributed by atoms with Gasteiger partial charge >= 0.3 is 0 Å². The number of furan rings is 1. The molecule has 0 aliphatic rings. The topological polar surface area (TPSA) is 53.1 Å². The minimum Gasteiger partial charge on any atom is -0.464 e. The summed E-state index contributed by atoms with van der Waals surface area (Å²) in [5.41, 5.74) is 2.34. The van der Waals surface area contributed by atoms with Gasteiger partial charge in [-0.15, -0.1) is 0 Å². The summed E-state index contributed by atoms with van der Waals surface area (Å²) in [6, 6.07) is 14.0. The van der Waals surface area contributed by atoms with E-state index in [4.69, 9.17) is 4.42 Å². The zero-order chi connectivity index (χ0) is 14.8. The number of fused-ring (bicyclic) bond motifs is 1. The summed E-state index contributed by atoms with van der Waals surface area (Å²) < 4.78 is 5.62. The number of para-hydroxylation sites is 1. The van der Waals surface area contributed by atoms with Crippen LogP contribution in [0.15, 0.2) is 47.0 Å². The van der Waals surface area contributed by atoms with Crippen molar-refractivity contribution in [3.05, 3.63) is 59.7 Å². The Labute approximate surface area is 123 Å². The molecule has 0 amide bonds. The van der Waals surface area contributed by atoms with Gasteiger partial charge in [0.15, 0.2) is 0 Å². The summed E-state index contributed by atoms with van der Waals surface area (Å²) in [6.45, 7) is 2.53. The van der Waals surface area contributed by atoms with E-state index in [0.717, 1.165) is 28.1 Å². The Bertz CT molecular complexity index is 829. The molecule has 2 heterocycles. The predicted octanol–water partition coefficient (Wildman–Crippen LogP) is 3.64. The standard InChI is InChI=1S/C17H15N3O/c1-12-7-8-14(21-12)11-20(2)17-13(9-18)10-19-16-6-4-3-5-15(16)17/h3-8,10H,11H2,1-2H3. The van der Waals surface area contributed by atoms with Crippen LogP contribution in [0.5, 0.6) is 0 Å². The Hall–Kier alpha value is -2.80. The second kappa shape index (κ2) is 5.29. The first-order valence-corrected chi connectivity index (χ1v) is 6.73. The number of pyridine rings is 1. The normalized spacial score (nSPS) is 10.5. The van der Waals surface area contributed by atoms with Crippen molar-refractivity contribution in [1.82, 2.24) is 4.98 Å². The van der Waals surface area contributed by atoms with Crippen molar-refractivity contribution in [1.29, 1.82) is 5.26 Å². The quantitative estimate of drug-likeness (QED) is 0.733. The van der Waals surface area contributed by atoms with Gasteiger partial charge in [-0.3, -0.25) is 4.98 Å². The van der Waals surface area contributed by atoms with Gasteiger partial charge in [0.2, 0.25) is 0 Å². The molecule has 2 aromatic heterocycles. The highest BCUT2D eigenvalue weighted by atomic mass is 16.3. The molecule has 0 atom stereocenters. The van der Waals surface area contributed by atoms with Gasteiger partial charge in [-0.2, -0.15) is 5.26 Å². The van der Waals surface area contributed by atoms with Gasteiger partial charge in [0, 0.05) is 18.6 Å². The Balaban J connectivity index is 2.07. The Kier molecular flexibility index (Phi) is 3.33. The minimum atomic E-state index is 0.569. The predicted molar refractivity (Wildman–Crippen MR) is 82.0 cm³/mol. The molecule has 0 aliphatic carbocycles. The fourth-order valence-electron chi connectivity index (χ4n) is 2.50. The zero-order valence-corrected chi connectivity index (χ0v) is 12.0. The summed E-state index contributed by atoms with van der Waals surface area (Å²) in [4.78, 5) is 6.36. The average molecular weight is 277 g/mol. The molecule has 21 heavy (non-hydrogen) atoms. The number of nitrogens with zero attached hydrogens (tertiary/aromatic N) is 3. The number of hydrogen-bond donors (Lipinski definition) is 0. The van der Waals surface area contributed by atoms with E-state index < -0.39 is 0 Å². The first-order valence-electron chi connectivity index (χ1n) is 6.73. The number of aromatic nitrogens is 1. The molecule has 3 aromatic rings. The maximum atomic E-state index is 9.36. The van der Waals surface area contributed by atoms with Crippen LogP contribution in [-0.4, -0.2) is 12.0 Å². The van der Waals surface area contributed by atoms with Crippen molar-refractivity contribution in [2.45, 2.75) is 13.5 Å². The maximum Gasteiger partial charge on any atom is 0.123 e. The van der Waals surface area contributed by atoms with E-state index in [0.29, 0.717) is 12.1 Å². The molecule has 0 unspecified atom stereocenters. The van der Waals surface area contributed by atoms with E-state index in [9.17, 15) is 5.26 Å². The van der Waals surface area contributed by atoms with Crippen molar-refractivity contribution in [3.63, 3.8) is 0 Å². The molecule has 0 radical (unpaired) electrons. The SMILES string of the molecule is Cc1ccc(CN(C)c2c(C#N)cnc3ccccc23)o1. The molecule has 104 valence electrons. The number of nitriles is 1. The second-order valence-electron chi connectivity index (χ2n) is 5.02. The van der Waals surface area contributed by atoms with E-state index in [1.165, 1.54) is 0 Å². The average Bonchev–Trinajstić information content (AvgIpc) is 2.90. The van der Waals surface area contributed by atoms with Crippen LogP contribution >= 0.6 is 0 Å². The fourth-order valence-corrected chi connectivity index (χ4v) is 2.50. The molecule has 4 heteroatoms. The first kappa shape index (κ1) is 13.2. The lowest BCUT2D eigenvalue weighted by molar-refractivity contribution is 0.482. The van der Waals surface area contributed by atoms with Crippen LogP contribution < -0.4 is 4.90 Å². The molecule has 0 saturated heterocycles. The molecule has 1 aromatic carbocycles. The van der Waals surface area contributed by atoms with Gasteiger partial charge in [0.1, 0.15) is 17.6 Å². The molecule has 0 spiro atoms. The number of benzene rings is 1. The van der Waals surface area contributed by atoms with Crippen molar-refractivity contribution in [2.75, 3.05) is 11.9 Å². The van der Waals surface area contributed by atoms with Crippen LogP contribution in [0.25, 0.3) is 10.9 Å². The van der Waals surface area contributed by atoms with Crippen LogP contribution in [0.3, 0.4) is 0 Å². The highest BCUT2D eigenvalue weighted by Gasteiger charge is 2.14. The van der Waals surface area contributed by atoms with Gasteiger partial charge in [-0.25, -0.2) is 0 Å². The molecular weight excluding hydrogens is 262 g/mol. The summed E-state index contributed by atoms with van der Waals surface area (Å²) in [5, 5.41) is 10.3. The fraction of sp³-hybridized carbons (Fsp3) is 0.176. The third-order valence-electron chi connectivity index (χ3n) is 3.44. The molecule has 0 saturated carbocycles. The second-order valence-corrected chi connectivity index (χ2v) is 5.02. The number of anilines is 1. The smallest absolute Gasteiger partial charge is 0.123 e. The van der Waals surface area contributed by atoms with Crippen molar-refractivity contribution >= 4 is 16.6 Å². The largest absolute Gasteiger partial charge is 0.464 e. The third kappa shape index (κ3) is 2.46. The van der Waals surface area contributed by atoms with Crippen LogP contribution in [0, 0.1) is 18.3 Å². The highest BCUT2D eigenvalue weighted by molar-refractivity contribution is 5.94. The minimum absolute atomic E-state index is 0.569. The van der Waals surface area contributed by atoms with Crippen LogP contribution in [0.2, 0.25) is 0 Å². The van der Waals surface area contributed by atoms with Gasteiger partial charge in [0.05, 0.1) is 23.3 Å². The van der Waals surface area contributed by atoms with E-state index in [1.807, 2.05) is 55.3 Å². The molecule has 4 nitrogen and oxygen atoms in total. The lowest BCUT2D eigenvalue weighted by Crippen LogP contribution is -2.17. The summed E-state index contributed by atoms with van der Waals surface area (Å²) in [7, 11) is 1.96. The molecule has 0 bridgehead atoms. The van der Waals surface area contributed by atoms with Crippen molar-refractivity contribution in [3.8, 4) is 6.07 Å². The van der Waals surface area contributed by atoms with E-state index in [-0.39, 0.29) is 0 Å². The molecule has 3 rings (SSSR count). The zero-order valence-electron chi connectivity index (χ0n) is 12.0. The molecule has 0 N–H and O–H groups in total. The van der Waals surface area contributed by atoms with Gasteiger partial charge in [-0.1, -0.05) is 18.2 Å². The van der Waals surface area contributed by atoms with Gasteiger partial charge in [0.25, 0.3) is 0 Å². The summed E-state index contributed by atoms with van der Waals surface area (Å²) >= 11 is 0. The highest BCUT2D eigenvalue weighted by Crippen LogP contribution is 2.29. The number of hydrogen-bond acceptors (Lipinski definition) is 4. The van der Waals surface area contributed by atoms with Crippen LogP contribution in [0.1, 0.15) is 17.1 Å². The van der Waals surface area contributed by atoms with E-state index in [2.05, 4.69) is 11.1 Å². The van der Waals surface area contributed by atoms with Gasteiger partial charge in [-0.05, 0) is 25.1 Å². The lowest BCUT2D eigenvalue weighted by atomic mass is 10.1. The summed E-state index contributed by atoms with van der Waals surface area (Å²) in [6.07, 6.45) is 1.63. The monoisotopic (exact) mass is 277 g/mol. The maximum absolute atomic E-state index is 9.36. The van der Waals surface area contributed by atoms with E-state index >= 15 is 0 Å². The summed E-state index contributed by atoms with van der Waals surface area (Å²) in [5.74, 6) is 1.76. The third-order valence-corrected chi connectivity index (χ3v) is 3.44. The first-order chi connectivity index (χ1) is 10.2. The van der Waals surface area contributed by atoms with Crippen molar-refractivity contribution in [2.24, 2.45) is 0 Å². The molecular formula is C17H15N3O. The number of rotatable bonds is 3. The van der Waals surface area contributed by atoms with E-state index in [1.54, 1.807) is 6.20 Å². The lowest BCUT2D eigenvalue weighted by Gasteiger charge is -2.21. The number of aryl methyl sites for hydroxylation is 1. The molecule has 0 fully saturated rings. The van der Waals surface area contributed by atoms with Gasteiger partial charge < -0.3 is 9.32 Å². The van der Waals surface area contributed by atoms with Crippen molar-refractivity contribution < 1.29 is 4.42 Å². The Morgan fingerprint density at radius 2 is 2.05 bits per heavy atom. The Morgan fingerprint density at radius 1 is 1.24 bits per heavy atom. The Morgan fingerprint density at radius 3 is 2.76 bits per heavy atom. The van der Waals surface area contributed by atoms with Crippen LogP contribution in [0.4, 0.5) is 5.69 Å². The molecule has 0 aliphatic heterocycles.